The third-order valence-corrected chi connectivity index (χ3v) is 2.34. The zero-order valence-corrected chi connectivity index (χ0v) is 9.12. The number of hydrogen-bond acceptors (Lipinski definition) is 3. The minimum atomic E-state index is -0.539. The molecule has 80 valence electrons. The van der Waals surface area contributed by atoms with E-state index in [4.69, 9.17) is 5.26 Å². The van der Waals surface area contributed by atoms with Crippen LogP contribution in [0, 0.1) is 18.3 Å². The lowest BCUT2D eigenvalue weighted by Gasteiger charge is -2.15. The largest absolute Gasteiger partial charge is 0.374 e. The van der Waals surface area contributed by atoms with Crippen molar-refractivity contribution in [1.82, 2.24) is 0 Å². The van der Waals surface area contributed by atoms with Gasteiger partial charge in [0.2, 0.25) is 0 Å². The summed E-state index contributed by atoms with van der Waals surface area (Å²) in [4.78, 5) is 0. The van der Waals surface area contributed by atoms with Crippen LogP contribution in [-0.4, -0.2) is 11.3 Å². The lowest BCUT2D eigenvalue weighted by atomic mass is 10.1. The zero-order chi connectivity index (χ0) is 11.3. The van der Waals surface area contributed by atoms with Crippen LogP contribution in [0.5, 0.6) is 0 Å². The highest BCUT2D eigenvalue weighted by Crippen LogP contribution is 2.19. The van der Waals surface area contributed by atoms with Gasteiger partial charge in [-0.25, -0.2) is 0 Å². The number of nitrogens with one attached hydrogen (secondary N) is 1. The van der Waals surface area contributed by atoms with Crippen LogP contribution >= 0.6 is 0 Å². The van der Waals surface area contributed by atoms with Crippen LogP contribution in [-0.2, 0) is 0 Å². The molecule has 3 nitrogen and oxygen atoms in total. The molecular weight excluding hydrogens is 188 g/mol. The summed E-state index contributed by atoms with van der Waals surface area (Å²) >= 11 is 0. The highest BCUT2D eigenvalue weighted by molar-refractivity contribution is 5.57. The number of benzene rings is 1. The highest BCUT2D eigenvalue weighted by Gasteiger charge is 2.06. The third kappa shape index (κ3) is 2.97. The summed E-state index contributed by atoms with van der Waals surface area (Å²) in [5.74, 6) is 0. The summed E-state index contributed by atoms with van der Waals surface area (Å²) in [7, 11) is 0. The predicted molar refractivity (Wildman–Crippen MR) is 60.4 cm³/mol. The van der Waals surface area contributed by atoms with E-state index in [0.29, 0.717) is 12.0 Å². The fourth-order valence-corrected chi connectivity index (χ4v) is 1.44. The molecule has 0 bridgehead atoms. The van der Waals surface area contributed by atoms with Crippen LogP contribution in [0.4, 0.5) is 5.69 Å². The monoisotopic (exact) mass is 204 g/mol. The van der Waals surface area contributed by atoms with E-state index in [2.05, 4.69) is 11.4 Å². The second-order valence-corrected chi connectivity index (χ2v) is 3.54. The normalized spacial score (nSPS) is 11.9. The first-order valence-corrected chi connectivity index (χ1v) is 5.13. The molecule has 0 heterocycles. The van der Waals surface area contributed by atoms with Crippen LogP contribution in [0.25, 0.3) is 0 Å². The molecule has 1 unspecified atom stereocenters. The zero-order valence-electron chi connectivity index (χ0n) is 9.12. The quantitative estimate of drug-likeness (QED) is 0.740. The average molecular weight is 204 g/mol. The Hall–Kier alpha value is -1.53. The van der Waals surface area contributed by atoms with Crippen molar-refractivity contribution in [1.29, 1.82) is 5.26 Å². The first kappa shape index (κ1) is 11.5. The number of hydrogen-bond donors (Lipinski definition) is 2. The smallest absolute Gasteiger partial charge is 0.124 e. The summed E-state index contributed by atoms with van der Waals surface area (Å²) in [5, 5.41) is 21.4. The van der Waals surface area contributed by atoms with Crippen molar-refractivity contribution in [3.8, 4) is 6.07 Å². The SMILES string of the molecule is CCCC(O)Nc1cccc(C#N)c1C. The predicted octanol–water partition coefficient (Wildman–Crippen LogP) is 2.40. The van der Waals surface area contributed by atoms with Gasteiger partial charge >= 0.3 is 0 Å². The van der Waals surface area contributed by atoms with Gasteiger partial charge in [0, 0.05) is 5.69 Å². The van der Waals surface area contributed by atoms with E-state index in [0.717, 1.165) is 17.7 Å². The first-order valence-electron chi connectivity index (χ1n) is 5.13. The summed E-state index contributed by atoms with van der Waals surface area (Å²) < 4.78 is 0. The summed E-state index contributed by atoms with van der Waals surface area (Å²) in [6, 6.07) is 7.57. The molecule has 3 heteroatoms. The van der Waals surface area contributed by atoms with Crippen LogP contribution in [0.3, 0.4) is 0 Å². The Morgan fingerprint density at radius 1 is 1.53 bits per heavy atom. The molecule has 2 N–H and O–H groups in total. The Morgan fingerprint density at radius 2 is 2.27 bits per heavy atom. The van der Waals surface area contributed by atoms with Gasteiger partial charge in [0.1, 0.15) is 6.23 Å². The highest BCUT2D eigenvalue weighted by atomic mass is 16.3. The topological polar surface area (TPSA) is 56.0 Å². The molecule has 0 aliphatic carbocycles. The first-order chi connectivity index (χ1) is 7.19. The van der Waals surface area contributed by atoms with Crippen molar-refractivity contribution >= 4 is 5.69 Å². The van der Waals surface area contributed by atoms with E-state index in [1.807, 2.05) is 26.0 Å². The number of anilines is 1. The number of nitrogens with zero attached hydrogens (tertiary/aromatic N) is 1. The molecule has 0 amide bonds. The van der Waals surface area contributed by atoms with Gasteiger partial charge in [-0.05, 0) is 31.0 Å². The van der Waals surface area contributed by atoms with Gasteiger partial charge in [0.25, 0.3) is 0 Å². The molecule has 1 aromatic rings. The van der Waals surface area contributed by atoms with Crippen LogP contribution in [0.15, 0.2) is 18.2 Å². The molecule has 0 saturated carbocycles. The molecule has 0 spiro atoms. The van der Waals surface area contributed by atoms with Gasteiger partial charge in [-0.3, -0.25) is 0 Å². The van der Waals surface area contributed by atoms with Crippen molar-refractivity contribution in [2.45, 2.75) is 32.9 Å². The van der Waals surface area contributed by atoms with E-state index in [1.54, 1.807) is 6.07 Å². The van der Waals surface area contributed by atoms with E-state index in [9.17, 15) is 5.11 Å². The fraction of sp³-hybridized carbons (Fsp3) is 0.417. The van der Waals surface area contributed by atoms with Crippen molar-refractivity contribution in [3.05, 3.63) is 29.3 Å². The lowest BCUT2D eigenvalue weighted by molar-refractivity contribution is 0.192. The van der Waals surface area contributed by atoms with Gasteiger partial charge in [0.05, 0.1) is 11.6 Å². The Labute approximate surface area is 90.4 Å². The van der Waals surface area contributed by atoms with Crippen molar-refractivity contribution < 1.29 is 5.11 Å². The van der Waals surface area contributed by atoms with Crippen molar-refractivity contribution in [3.63, 3.8) is 0 Å². The number of aliphatic hydroxyl groups excluding tert-OH is 1. The van der Waals surface area contributed by atoms with E-state index in [1.165, 1.54) is 0 Å². The number of aliphatic hydroxyl groups is 1. The van der Waals surface area contributed by atoms with Crippen molar-refractivity contribution in [2.24, 2.45) is 0 Å². The molecule has 15 heavy (non-hydrogen) atoms. The average Bonchev–Trinajstić information content (AvgIpc) is 2.21. The van der Waals surface area contributed by atoms with Gasteiger partial charge < -0.3 is 10.4 Å². The molecule has 1 atom stereocenters. The third-order valence-electron chi connectivity index (χ3n) is 2.34. The Kier molecular flexibility index (Phi) is 4.14. The minimum Gasteiger partial charge on any atom is -0.374 e. The van der Waals surface area contributed by atoms with Crippen LogP contribution < -0.4 is 5.32 Å². The molecule has 0 aliphatic heterocycles. The van der Waals surface area contributed by atoms with Gasteiger partial charge in [-0.2, -0.15) is 5.26 Å². The van der Waals surface area contributed by atoms with E-state index < -0.39 is 6.23 Å². The van der Waals surface area contributed by atoms with Gasteiger partial charge in [0.15, 0.2) is 0 Å². The van der Waals surface area contributed by atoms with Crippen LogP contribution in [0.2, 0.25) is 0 Å². The molecule has 0 radical (unpaired) electrons. The second kappa shape index (κ2) is 5.38. The maximum absolute atomic E-state index is 9.60. The number of nitriles is 1. The summed E-state index contributed by atoms with van der Waals surface area (Å²) in [5.41, 5.74) is 2.36. The standard InChI is InChI=1S/C12H16N2O/c1-3-5-12(15)14-11-7-4-6-10(8-13)9(11)2/h4,6-7,12,14-15H,3,5H2,1-2H3. The minimum absolute atomic E-state index is 0.539. The molecule has 1 aromatic carbocycles. The lowest BCUT2D eigenvalue weighted by Crippen LogP contribution is -2.18. The summed E-state index contributed by atoms with van der Waals surface area (Å²) in [6.07, 6.45) is 1.09. The number of rotatable bonds is 4. The Balaban J connectivity index is 2.82. The maximum atomic E-state index is 9.60. The summed E-state index contributed by atoms with van der Waals surface area (Å²) in [6.45, 7) is 3.89. The Bertz CT molecular complexity index is 368. The van der Waals surface area contributed by atoms with Gasteiger partial charge in [-0.1, -0.05) is 19.4 Å². The van der Waals surface area contributed by atoms with E-state index in [-0.39, 0.29) is 0 Å². The van der Waals surface area contributed by atoms with Gasteiger partial charge in [-0.15, -0.1) is 0 Å². The van der Waals surface area contributed by atoms with E-state index >= 15 is 0 Å². The second-order valence-electron chi connectivity index (χ2n) is 3.54. The molecule has 0 aliphatic rings. The fourth-order valence-electron chi connectivity index (χ4n) is 1.44. The van der Waals surface area contributed by atoms with Crippen LogP contribution in [0.1, 0.15) is 30.9 Å². The molecule has 0 fully saturated rings. The molecule has 0 aromatic heterocycles. The molecular formula is C12H16N2O. The molecule has 0 saturated heterocycles. The van der Waals surface area contributed by atoms with Crippen molar-refractivity contribution in [2.75, 3.05) is 5.32 Å². The Morgan fingerprint density at radius 3 is 2.87 bits per heavy atom. The maximum Gasteiger partial charge on any atom is 0.124 e. The molecule has 1 rings (SSSR count).